The van der Waals surface area contributed by atoms with Gasteiger partial charge in [0.2, 0.25) is 0 Å². The Morgan fingerprint density at radius 1 is 1.57 bits per heavy atom. The molecule has 0 atom stereocenters. The lowest BCUT2D eigenvalue weighted by atomic mass is 9.93. The van der Waals surface area contributed by atoms with Gasteiger partial charge in [-0.15, -0.1) is 0 Å². The van der Waals surface area contributed by atoms with E-state index in [4.69, 9.17) is 7.85 Å². The average molecular weight is 104 g/mol. The minimum atomic E-state index is -2.02. The van der Waals surface area contributed by atoms with Crippen LogP contribution in [0.25, 0.3) is 0 Å². The molecule has 0 aliphatic rings. The van der Waals surface area contributed by atoms with Crippen LogP contribution in [0.3, 0.4) is 0 Å². The van der Waals surface area contributed by atoms with Crippen LogP contribution in [0.2, 0.25) is 0 Å². The van der Waals surface area contributed by atoms with Crippen molar-refractivity contribution in [2.45, 2.75) is 27.2 Å². The van der Waals surface area contributed by atoms with Crippen LogP contribution in [0.5, 0.6) is 0 Å². The molecule has 0 unspecified atom stereocenters. The van der Waals surface area contributed by atoms with E-state index in [1.54, 1.807) is 0 Å². The minimum Gasteiger partial charge on any atom is -0.396 e. The van der Waals surface area contributed by atoms with Crippen molar-refractivity contribution in [3.8, 4) is 0 Å². The Hall–Kier alpha value is -0.0400. The van der Waals surface area contributed by atoms with Crippen LogP contribution in [0.4, 0.5) is 0 Å². The number of aliphatic hydroxyl groups is 1. The molecular formula is C6H14O. The van der Waals surface area contributed by atoms with Gasteiger partial charge in [0.25, 0.3) is 0 Å². The fourth-order valence-electron chi connectivity index (χ4n) is 0.237. The van der Waals surface area contributed by atoms with Gasteiger partial charge in [-0.3, -0.25) is 0 Å². The first-order chi connectivity index (χ1) is 3.71. The van der Waals surface area contributed by atoms with Crippen LogP contribution in [0.1, 0.15) is 29.9 Å². The van der Waals surface area contributed by atoms with Crippen molar-refractivity contribution in [2.75, 3.05) is 6.56 Å². The van der Waals surface area contributed by atoms with Crippen LogP contribution in [-0.2, 0) is 0 Å². The Morgan fingerprint density at radius 2 is 2.00 bits per heavy atom. The van der Waals surface area contributed by atoms with Gasteiger partial charge in [-0.25, -0.2) is 0 Å². The molecule has 0 aromatic rings. The summed E-state index contributed by atoms with van der Waals surface area (Å²) in [7, 11) is 0. The van der Waals surface area contributed by atoms with Gasteiger partial charge >= 0.3 is 0 Å². The van der Waals surface area contributed by atoms with Crippen molar-refractivity contribution in [3.05, 3.63) is 0 Å². The third-order valence-electron chi connectivity index (χ3n) is 0.609. The number of hydrogen-bond donors (Lipinski definition) is 1. The molecule has 1 nitrogen and oxygen atoms in total. The molecule has 0 aliphatic carbocycles. The smallest absolute Gasteiger partial charge is 0.0564 e. The van der Waals surface area contributed by atoms with Crippen molar-refractivity contribution in [3.63, 3.8) is 0 Å². The fourth-order valence-corrected chi connectivity index (χ4v) is 0.237. The van der Waals surface area contributed by atoms with Crippen LogP contribution in [0.15, 0.2) is 0 Å². The summed E-state index contributed by atoms with van der Waals surface area (Å²) in [6.07, 6.45) is 0.181. The molecule has 0 spiro atoms. The van der Waals surface area contributed by atoms with E-state index in [0.29, 0.717) is 0 Å². The number of hydrogen-bond acceptors (Lipinski definition) is 1. The highest BCUT2D eigenvalue weighted by molar-refractivity contribution is 4.58. The second-order valence-electron chi connectivity index (χ2n) is 2.90. The first-order valence-corrected chi connectivity index (χ1v) is 2.43. The van der Waals surface area contributed by atoms with Crippen molar-refractivity contribution >= 4 is 0 Å². The van der Waals surface area contributed by atoms with E-state index in [9.17, 15) is 0 Å². The zero-order valence-electron chi connectivity index (χ0n) is 7.15. The van der Waals surface area contributed by atoms with E-state index < -0.39 is 6.56 Å². The van der Waals surface area contributed by atoms with Gasteiger partial charge < -0.3 is 5.11 Å². The van der Waals surface area contributed by atoms with Crippen molar-refractivity contribution < 1.29 is 7.85 Å². The van der Waals surface area contributed by atoms with Crippen molar-refractivity contribution in [1.82, 2.24) is 0 Å². The SMILES string of the molecule is [2H]C([2H])(O)CC(C)(C)C. The van der Waals surface area contributed by atoms with Gasteiger partial charge in [0.05, 0.1) is 2.74 Å². The molecule has 0 aromatic heterocycles. The normalized spacial score (nSPS) is 18.3. The summed E-state index contributed by atoms with van der Waals surface area (Å²) in [6.45, 7) is 3.65. The Bertz CT molecular complexity index is 76.2. The van der Waals surface area contributed by atoms with Gasteiger partial charge in [-0.05, 0) is 11.8 Å². The molecule has 0 saturated heterocycles. The second kappa shape index (κ2) is 2.31. The van der Waals surface area contributed by atoms with Gasteiger partial charge in [-0.2, -0.15) is 0 Å². The average Bonchev–Trinajstić information content (AvgIpc) is 1.14. The van der Waals surface area contributed by atoms with E-state index in [-0.39, 0.29) is 11.8 Å². The topological polar surface area (TPSA) is 20.2 Å². The molecule has 44 valence electrons. The molecule has 0 amide bonds. The summed E-state index contributed by atoms with van der Waals surface area (Å²) in [6, 6.07) is 0. The molecule has 0 radical (unpaired) electrons. The van der Waals surface area contributed by atoms with Gasteiger partial charge in [0, 0.05) is 6.56 Å². The molecule has 0 fully saturated rings. The lowest BCUT2D eigenvalue weighted by molar-refractivity contribution is 0.225. The van der Waals surface area contributed by atoms with Crippen LogP contribution < -0.4 is 0 Å². The van der Waals surface area contributed by atoms with E-state index in [1.807, 2.05) is 20.8 Å². The summed E-state index contributed by atoms with van der Waals surface area (Å²) in [4.78, 5) is 0. The second-order valence-corrected chi connectivity index (χ2v) is 2.90. The Labute approximate surface area is 48.2 Å². The highest BCUT2D eigenvalue weighted by Gasteiger charge is 2.06. The fraction of sp³-hybridized carbons (Fsp3) is 1.00. The van der Waals surface area contributed by atoms with E-state index in [1.165, 1.54) is 0 Å². The third kappa shape index (κ3) is 5.96. The molecule has 0 heterocycles. The molecule has 0 aromatic carbocycles. The highest BCUT2D eigenvalue weighted by Crippen LogP contribution is 2.16. The molecule has 1 heteroatoms. The standard InChI is InChI=1S/C6H14O/c1-6(2,3)4-5-7/h7H,4-5H2,1-3H3/i5D2. The lowest BCUT2D eigenvalue weighted by Gasteiger charge is -2.14. The largest absolute Gasteiger partial charge is 0.396 e. The molecule has 7 heavy (non-hydrogen) atoms. The van der Waals surface area contributed by atoms with E-state index in [2.05, 4.69) is 0 Å². The molecule has 0 aliphatic heterocycles. The molecule has 0 bridgehead atoms. The third-order valence-corrected chi connectivity index (χ3v) is 0.609. The summed E-state index contributed by atoms with van der Waals surface area (Å²) >= 11 is 0. The van der Waals surface area contributed by atoms with Crippen LogP contribution in [0, 0.1) is 5.41 Å². The van der Waals surface area contributed by atoms with Crippen LogP contribution in [-0.4, -0.2) is 11.7 Å². The molecule has 0 rings (SSSR count). The summed E-state index contributed by atoms with van der Waals surface area (Å²) in [5, 5.41) is 8.69. The predicted octanol–water partition coefficient (Wildman–Crippen LogP) is 1.41. The zero-order valence-corrected chi connectivity index (χ0v) is 5.15. The molecular weight excluding hydrogens is 88.1 g/mol. The Kier molecular flexibility index (Phi) is 1.29. The van der Waals surface area contributed by atoms with Crippen molar-refractivity contribution in [2.24, 2.45) is 5.41 Å². The maximum atomic E-state index is 8.69. The highest BCUT2D eigenvalue weighted by atomic mass is 16.3. The lowest BCUT2D eigenvalue weighted by Crippen LogP contribution is -2.06. The van der Waals surface area contributed by atoms with Crippen molar-refractivity contribution in [1.29, 1.82) is 0 Å². The summed E-state index contributed by atoms with van der Waals surface area (Å²) in [5.74, 6) is 0. The quantitative estimate of drug-likeness (QED) is 0.533. The maximum absolute atomic E-state index is 8.69. The van der Waals surface area contributed by atoms with E-state index >= 15 is 0 Å². The van der Waals surface area contributed by atoms with Gasteiger partial charge in [0.1, 0.15) is 0 Å². The monoisotopic (exact) mass is 104 g/mol. The Morgan fingerprint density at radius 3 is 2.00 bits per heavy atom. The maximum Gasteiger partial charge on any atom is 0.0564 e. The van der Waals surface area contributed by atoms with Gasteiger partial charge in [-0.1, -0.05) is 20.8 Å². The Balaban J connectivity index is 3.75. The zero-order chi connectivity index (χ0) is 7.71. The molecule has 0 saturated carbocycles. The van der Waals surface area contributed by atoms with Crippen LogP contribution >= 0.6 is 0 Å². The molecule has 1 N–H and O–H groups in total. The first-order valence-electron chi connectivity index (χ1n) is 3.43. The summed E-state index contributed by atoms with van der Waals surface area (Å²) < 4.78 is 13.6. The minimum absolute atomic E-state index is 0.141. The van der Waals surface area contributed by atoms with E-state index in [0.717, 1.165) is 0 Å². The van der Waals surface area contributed by atoms with Gasteiger partial charge in [0.15, 0.2) is 0 Å². The predicted molar refractivity (Wildman–Crippen MR) is 31.2 cm³/mol. The number of rotatable bonds is 1. The summed E-state index contributed by atoms with van der Waals surface area (Å²) in [5.41, 5.74) is -0.141. The first kappa shape index (κ1) is 3.90.